The van der Waals surface area contributed by atoms with Crippen LogP contribution in [-0.4, -0.2) is 37.0 Å². The molecule has 1 aliphatic rings. The number of hydrogen-bond donors (Lipinski definition) is 1. The number of amides is 1. The van der Waals surface area contributed by atoms with Crippen LogP contribution < -0.4 is 5.32 Å². The van der Waals surface area contributed by atoms with Gasteiger partial charge in [-0.1, -0.05) is 6.07 Å². The third kappa shape index (κ3) is 2.83. The lowest BCUT2D eigenvalue weighted by Gasteiger charge is -2.32. The van der Waals surface area contributed by atoms with Gasteiger partial charge in [0.2, 0.25) is 0 Å². The highest BCUT2D eigenvalue weighted by Gasteiger charge is 2.26. The predicted octanol–water partition coefficient (Wildman–Crippen LogP) is 2.25. The van der Waals surface area contributed by atoms with E-state index in [9.17, 15) is 9.18 Å². The van der Waals surface area contributed by atoms with Crippen molar-refractivity contribution >= 4 is 28.5 Å². The van der Waals surface area contributed by atoms with Crippen molar-refractivity contribution in [1.82, 2.24) is 10.2 Å². The quantitative estimate of drug-likeness (QED) is 0.819. The van der Waals surface area contributed by atoms with Crippen LogP contribution in [-0.2, 0) is 0 Å². The molecule has 1 N–H and O–H groups in total. The maximum atomic E-state index is 13.8. The van der Waals surface area contributed by atoms with Crippen LogP contribution in [0.4, 0.5) is 4.39 Å². The van der Waals surface area contributed by atoms with Crippen LogP contribution >= 0.6 is 22.6 Å². The van der Waals surface area contributed by atoms with E-state index in [-0.39, 0.29) is 11.5 Å². The smallest absolute Gasteiger partial charge is 0.257 e. The molecule has 18 heavy (non-hydrogen) atoms. The summed E-state index contributed by atoms with van der Waals surface area (Å²) in [6.45, 7) is 1.36. The Bertz CT molecular complexity index is 432. The molecule has 1 fully saturated rings. The van der Waals surface area contributed by atoms with Crippen LogP contribution in [0.5, 0.6) is 0 Å². The summed E-state index contributed by atoms with van der Waals surface area (Å²) in [6, 6.07) is 5.04. The first-order chi connectivity index (χ1) is 8.63. The van der Waals surface area contributed by atoms with E-state index in [0.717, 1.165) is 12.8 Å². The average molecular weight is 362 g/mol. The van der Waals surface area contributed by atoms with E-state index in [1.807, 2.05) is 29.6 Å². The van der Waals surface area contributed by atoms with E-state index in [0.29, 0.717) is 22.7 Å². The lowest BCUT2D eigenvalue weighted by atomic mass is 10.0. The normalized spacial score (nSPS) is 19.9. The summed E-state index contributed by atoms with van der Waals surface area (Å²) in [5.41, 5.74) is 0.204. The Morgan fingerprint density at radius 2 is 2.33 bits per heavy atom. The highest BCUT2D eigenvalue weighted by Crippen LogP contribution is 2.20. The fraction of sp³-hybridized carbons (Fsp3) is 0.462. The van der Waals surface area contributed by atoms with Gasteiger partial charge in [0.15, 0.2) is 0 Å². The number of carbonyl (C=O) groups is 1. The molecule has 0 aliphatic carbocycles. The molecule has 0 bridgehead atoms. The standard InChI is InChI=1S/C13H16FIN2O/c1-16-9-4-3-7-17(8-9)13(18)12-10(14)5-2-6-11(12)15/h2,5-6,9,16H,3-4,7-8H2,1H3. The van der Waals surface area contributed by atoms with Crippen molar-refractivity contribution in [2.75, 3.05) is 20.1 Å². The van der Waals surface area contributed by atoms with E-state index >= 15 is 0 Å². The first-order valence-corrected chi connectivity index (χ1v) is 7.12. The van der Waals surface area contributed by atoms with Gasteiger partial charge in [-0.3, -0.25) is 4.79 Å². The topological polar surface area (TPSA) is 32.3 Å². The van der Waals surface area contributed by atoms with Gasteiger partial charge in [0.25, 0.3) is 5.91 Å². The maximum Gasteiger partial charge on any atom is 0.257 e. The molecule has 1 aromatic carbocycles. The van der Waals surface area contributed by atoms with E-state index in [1.54, 1.807) is 17.0 Å². The number of nitrogens with one attached hydrogen (secondary N) is 1. The number of rotatable bonds is 2. The second kappa shape index (κ2) is 5.97. The van der Waals surface area contributed by atoms with Crippen molar-refractivity contribution in [1.29, 1.82) is 0 Å². The van der Waals surface area contributed by atoms with Gasteiger partial charge < -0.3 is 10.2 Å². The number of nitrogens with zero attached hydrogens (tertiary/aromatic N) is 1. The Morgan fingerprint density at radius 1 is 1.56 bits per heavy atom. The summed E-state index contributed by atoms with van der Waals surface area (Å²) in [5.74, 6) is -0.629. The molecule has 1 unspecified atom stereocenters. The van der Waals surface area contributed by atoms with Crippen LogP contribution in [0.2, 0.25) is 0 Å². The molecular weight excluding hydrogens is 346 g/mol. The molecule has 0 saturated carbocycles. The highest BCUT2D eigenvalue weighted by atomic mass is 127. The minimum absolute atomic E-state index is 0.197. The van der Waals surface area contributed by atoms with E-state index in [2.05, 4.69) is 5.32 Å². The van der Waals surface area contributed by atoms with Crippen molar-refractivity contribution in [3.63, 3.8) is 0 Å². The fourth-order valence-corrected chi connectivity index (χ4v) is 2.95. The van der Waals surface area contributed by atoms with Crippen molar-refractivity contribution in [3.8, 4) is 0 Å². The van der Waals surface area contributed by atoms with Gasteiger partial charge in [-0.15, -0.1) is 0 Å². The first kappa shape index (κ1) is 13.7. The van der Waals surface area contributed by atoms with Crippen molar-refractivity contribution in [3.05, 3.63) is 33.1 Å². The molecule has 5 heteroatoms. The van der Waals surface area contributed by atoms with Gasteiger partial charge in [0.1, 0.15) is 5.82 Å². The third-order valence-corrected chi connectivity index (χ3v) is 4.19. The molecule has 1 aliphatic heterocycles. The monoisotopic (exact) mass is 362 g/mol. The van der Waals surface area contributed by atoms with Crippen molar-refractivity contribution in [2.24, 2.45) is 0 Å². The summed E-state index contributed by atoms with van der Waals surface area (Å²) in [4.78, 5) is 14.1. The van der Waals surface area contributed by atoms with Crippen LogP contribution in [0.1, 0.15) is 23.2 Å². The van der Waals surface area contributed by atoms with Crippen molar-refractivity contribution < 1.29 is 9.18 Å². The minimum Gasteiger partial charge on any atom is -0.337 e. The average Bonchev–Trinajstić information content (AvgIpc) is 2.38. The molecular formula is C13H16FIN2O. The van der Waals surface area contributed by atoms with E-state index in [1.165, 1.54) is 6.07 Å². The summed E-state index contributed by atoms with van der Waals surface area (Å²) in [6.07, 6.45) is 2.02. The number of halogens is 2. The lowest BCUT2D eigenvalue weighted by molar-refractivity contribution is 0.0692. The summed E-state index contributed by atoms with van der Waals surface area (Å²) < 4.78 is 14.4. The number of likely N-dealkylation sites (N-methyl/N-ethyl adjacent to an activating group) is 1. The molecule has 1 aromatic rings. The molecule has 0 spiro atoms. The Hall–Kier alpha value is -0.690. The number of benzene rings is 1. The Kier molecular flexibility index (Phi) is 4.55. The highest BCUT2D eigenvalue weighted by molar-refractivity contribution is 14.1. The zero-order chi connectivity index (χ0) is 13.1. The maximum absolute atomic E-state index is 13.8. The summed E-state index contributed by atoms with van der Waals surface area (Å²) >= 11 is 2.01. The molecule has 1 atom stereocenters. The SMILES string of the molecule is CNC1CCCN(C(=O)c2c(F)cccc2I)C1. The first-order valence-electron chi connectivity index (χ1n) is 6.04. The van der Waals surface area contributed by atoms with Crippen molar-refractivity contribution in [2.45, 2.75) is 18.9 Å². The van der Waals surface area contributed by atoms with Crippen LogP contribution in [0.3, 0.4) is 0 Å². The largest absolute Gasteiger partial charge is 0.337 e. The molecule has 0 aromatic heterocycles. The molecule has 0 radical (unpaired) electrons. The number of likely N-dealkylation sites (tertiary alicyclic amines) is 1. The van der Waals surface area contributed by atoms with E-state index in [4.69, 9.17) is 0 Å². The third-order valence-electron chi connectivity index (χ3n) is 3.29. The van der Waals surface area contributed by atoms with Gasteiger partial charge in [-0.25, -0.2) is 4.39 Å². The van der Waals surface area contributed by atoms with Crippen LogP contribution in [0, 0.1) is 9.39 Å². The van der Waals surface area contributed by atoms with Gasteiger partial charge >= 0.3 is 0 Å². The lowest BCUT2D eigenvalue weighted by Crippen LogP contribution is -2.47. The molecule has 1 amide bonds. The Morgan fingerprint density at radius 3 is 3.00 bits per heavy atom. The Balaban J connectivity index is 2.20. The second-order valence-electron chi connectivity index (χ2n) is 4.48. The van der Waals surface area contributed by atoms with Gasteiger partial charge in [-0.2, -0.15) is 0 Å². The van der Waals surface area contributed by atoms with Gasteiger partial charge in [-0.05, 0) is 54.6 Å². The van der Waals surface area contributed by atoms with Crippen LogP contribution in [0.25, 0.3) is 0 Å². The second-order valence-corrected chi connectivity index (χ2v) is 5.64. The molecule has 2 rings (SSSR count). The fourth-order valence-electron chi connectivity index (χ4n) is 2.26. The number of hydrogen-bond acceptors (Lipinski definition) is 2. The van der Waals surface area contributed by atoms with E-state index < -0.39 is 5.82 Å². The number of piperidine rings is 1. The molecule has 1 saturated heterocycles. The Labute approximate surface area is 120 Å². The minimum atomic E-state index is -0.432. The molecule has 3 nitrogen and oxygen atoms in total. The molecule has 1 heterocycles. The van der Waals surface area contributed by atoms with Gasteiger partial charge in [0.05, 0.1) is 5.56 Å². The zero-order valence-electron chi connectivity index (χ0n) is 10.2. The molecule has 98 valence electrons. The van der Waals surface area contributed by atoms with Crippen LogP contribution in [0.15, 0.2) is 18.2 Å². The summed E-state index contributed by atoms with van der Waals surface area (Å²) in [5, 5.41) is 3.18. The zero-order valence-corrected chi connectivity index (χ0v) is 12.4. The predicted molar refractivity (Wildman–Crippen MR) is 77.1 cm³/mol. The number of carbonyl (C=O) groups excluding carboxylic acids is 1. The van der Waals surface area contributed by atoms with Gasteiger partial charge in [0, 0.05) is 22.7 Å². The summed E-state index contributed by atoms with van der Waals surface area (Å²) in [7, 11) is 1.89.